The summed E-state index contributed by atoms with van der Waals surface area (Å²) in [4.78, 5) is 19.1. The van der Waals surface area contributed by atoms with Crippen molar-refractivity contribution in [1.29, 1.82) is 0 Å². The van der Waals surface area contributed by atoms with Crippen LogP contribution in [0.15, 0.2) is 59.1 Å². The largest absolute Gasteiger partial charge is 0.379 e. The predicted octanol–water partition coefficient (Wildman–Crippen LogP) is 2.86. The number of morpholine rings is 1. The number of hydrogen-bond acceptors (Lipinski definition) is 6. The summed E-state index contributed by atoms with van der Waals surface area (Å²) < 4.78 is 10.7. The summed E-state index contributed by atoms with van der Waals surface area (Å²) in [5.41, 5.74) is 2.29. The van der Waals surface area contributed by atoms with Crippen LogP contribution >= 0.6 is 0 Å². The number of nitrogens with one attached hydrogen (secondary N) is 1. The Labute approximate surface area is 169 Å². The molecule has 1 amide bonds. The fourth-order valence-electron chi connectivity index (χ4n) is 3.24. The molecule has 0 aliphatic carbocycles. The first-order chi connectivity index (χ1) is 14.3. The van der Waals surface area contributed by atoms with Crippen molar-refractivity contribution < 1.29 is 14.1 Å². The number of amides is 1. The van der Waals surface area contributed by atoms with Gasteiger partial charge in [0.15, 0.2) is 0 Å². The molecule has 7 heteroatoms. The topological polar surface area (TPSA) is 80.5 Å². The zero-order valence-electron chi connectivity index (χ0n) is 16.2. The van der Waals surface area contributed by atoms with Crippen LogP contribution in [0.5, 0.6) is 0 Å². The maximum Gasteiger partial charge on any atom is 0.258 e. The van der Waals surface area contributed by atoms with E-state index in [9.17, 15) is 4.79 Å². The van der Waals surface area contributed by atoms with Crippen LogP contribution < -0.4 is 5.32 Å². The van der Waals surface area contributed by atoms with E-state index in [1.807, 2.05) is 42.5 Å². The molecule has 0 bridgehead atoms. The number of carbonyl (C=O) groups is 1. The van der Waals surface area contributed by atoms with Crippen LogP contribution in [-0.2, 0) is 4.74 Å². The van der Waals surface area contributed by atoms with E-state index in [1.54, 1.807) is 12.1 Å². The fraction of sp³-hybridized carbons (Fsp3) is 0.318. The van der Waals surface area contributed by atoms with E-state index in [4.69, 9.17) is 9.26 Å². The summed E-state index contributed by atoms with van der Waals surface area (Å²) >= 11 is 0. The van der Waals surface area contributed by atoms with Gasteiger partial charge in [0.2, 0.25) is 5.82 Å². The number of hydrogen-bond donors (Lipinski definition) is 1. The van der Waals surface area contributed by atoms with Crippen molar-refractivity contribution in [1.82, 2.24) is 20.4 Å². The lowest BCUT2D eigenvalue weighted by molar-refractivity contribution is 0.0374. The van der Waals surface area contributed by atoms with Gasteiger partial charge in [-0.15, -0.1) is 0 Å². The molecule has 0 unspecified atom stereocenters. The Hall–Kier alpha value is -3.03. The molecule has 0 saturated carbocycles. The molecular formula is C22H24N4O3. The first kappa shape index (κ1) is 19.3. The SMILES string of the molecule is O=C(NCCCN1CCOCC1)c1ccc(-c2nc(-c3ccccc3)no2)cc1. The molecule has 3 aromatic rings. The number of benzene rings is 2. The number of carbonyl (C=O) groups excluding carboxylic acids is 1. The maximum absolute atomic E-state index is 12.3. The fourth-order valence-corrected chi connectivity index (χ4v) is 3.24. The summed E-state index contributed by atoms with van der Waals surface area (Å²) in [6.07, 6.45) is 0.925. The van der Waals surface area contributed by atoms with Crippen molar-refractivity contribution in [2.45, 2.75) is 6.42 Å². The maximum atomic E-state index is 12.3. The summed E-state index contributed by atoms with van der Waals surface area (Å²) in [6.45, 7) is 5.16. The predicted molar refractivity (Wildman–Crippen MR) is 109 cm³/mol. The lowest BCUT2D eigenvalue weighted by atomic mass is 10.1. The van der Waals surface area contributed by atoms with Crippen molar-refractivity contribution in [2.24, 2.45) is 0 Å². The average molecular weight is 392 g/mol. The molecule has 2 aromatic carbocycles. The second kappa shape index (κ2) is 9.45. The molecule has 150 valence electrons. The molecule has 0 radical (unpaired) electrons. The minimum atomic E-state index is -0.0750. The smallest absolute Gasteiger partial charge is 0.258 e. The molecule has 1 aliphatic heterocycles. The van der Waals surface area contributed by atoms with Gasteiger partial charge in [-0.3, -0.25) is 9.69 Å². The van der Waals surface area contributed by atoms with Gasteiger partial charge in [-0.05, 0) is 37.2 Å². The quantitative estimate of drug-likeness (QED) is 0.623. The van der Waals surface area contributed by atoms with Gasteiger partial charge in [-0.2, -0.15) is 4.98 Å². The van der Waals surface area contributed by atoms with E-state index in [0.29, 0.717) is 23.8 Å². The first-order valence-electron chi connectivity index (χ1n) is 9.87. The van der Waals surface area contributed by atoms with Crippen molar-refractivity contribution in [3.8, 4) is 22.8 Å². The number of ether oxygens (including phenoxy) is 1. The average Bonchev–Trinajstić information content (AvgIpc) is 3.28. The van der Waals surface area contributed by atoms with E-state index in [0.717, 1.165) is 50.4 Å². The van der Waals surface area contributed by atoms with E-state index in [1.165, 1.54) is 0 Å². The Bertz CT molecular complexity index is 919. The molecule has 1 saturated heterocycles. The van der Waals surface area contributed by atoms with Gasteiger partial charge < -0.3 is 14.6 Å². The van der Waals surface area contributed by atoms with Crippen LogP contribution in [0.3, 0.4) is 0 Å². The zero-order valence-corrected chi connectivity index (χ0v) is 16.2. The Morgan fingerprint density at radius 2 is 1.76 bits per heavy atom. The molecule has 29 heavy (non-hydrogen) atoms. The van der Waals surface area contributed by atoms with Crippen molar-refractivity contribution >= 4 is 5.91 Å². The van der Waals surface area contributed by atoms with Crippen molar-refractivity contribution in [3.63, 3.8) is 0 Å². The highest BCUT2D eigenvalue weighted by atomic mass is 16.5. The molecule has 7 nitrogen and oxygen atoms in total. The van der Waals surface area contributed by atoms with Crippen molar-refractivity contribution in [3.05, 3.63) is 60.2 Å². The van der Waals surface area contributed by atoms with E-state index >= 15 is 0 Å². The minimum absolute atomic E-state index is 0.0750. The zero-order chi connectivity index (χ0) is 19.9. The van der Waals surface area contributed by atoms with Gasteiger partial charge in [0.25, 0.3) is 11.8 Å². The van der Waals surface area contributed by atoms with E-state index in [-0.39, 0.29) is 5.91 Å². The molecule has 1 aliphatic rings. The highest BCUT2D eigenvalue weighted by Gasteiger charge is 2.12. The number of aromatic nitrogens is 2. The van der Waals surface area contributed by atoms with Crippen LogP contribution in [-0.4, -0.2) is 60.3 Å². The third-order valence-corrected chi connectivity index (χ3v) is 4.89. The normalized spacial score (nSPS) is 14.6. The van der Waals surface area contributed by atoms with Gasteiger partial charge in [0, 0.05) is 36.3 Å². The van der Waals surface area contributed by atoms with Crippen LogP contribution in [0.4, 0.5) is 0 Å². The number of rotatable bonds is 7. The second-order valence-electron chi connectivity index (χ2n) is 6.93. The lowest BCUT2D eigenvalue weighted by Crippen LogP contribution is -2.38. The van der Waals surface area contributed by atoms with E-state index < -0.39 is 0 Å². The van der Waals surface area contributed by atoms with E-state index in [2.05, 4.69) is 20.4 Å². The molecule has 2 heterocycles. The Kier molecular flexibility index (Phi) is 6.29. The van der Waals surface area contributed by atoms with Gasteiger partial charge in [0.1, 0.15) is 0 Å². The summed E-state index contributed by atoms with van der Waals surface area (Å²) in [5.74, 6) is 0.901. The van der Waals surface area contributed by atoms with Crippen LogP contribution in [0, 0.1) is 0 Å². The Morgan fingerprint density at radius 1 is 1.00 bits per heavy atom. The number of nitrogens with zero attached hydrogens (tertiary/aromatic N) is 3. The molecule has 1 fully saturated rings. The molecule has 0 spiro atoms. The lowest BCUT2D eigenvalue weighted by Gasteiger charge is -2.26. The van der Waals surface area contributed by atoms with Gasteiger partial charge in [0.05, 0.1) is 13.2 Å². The third-order valence-electron chi connectivity index (χ3n) is 4.89. The molecule has 0 atom stereocenters. The molecule has 1 N–H and O–H groups in total. The van der Waals surface area contributed by atoms with Gasteiger partial charge >= 0.3 is 0 Å². The standard InChI is InChI=1S/C22H24N4O3/c27-21(23-11-4-12-26-13-15-28-16-14-26)18-7-9-19(10-8-18)22-24-20(25-29-22)17-5-2-1-3-6-17/h1-3,5-10H,4,11-16H2,(H,23,27). The third kappa shape index (κ3) is 5.07. The Balaban J connectivity index is 1.29. The minimum Gasteiger partial charge on any atom is -0.379 e. The summed E-state index contributed by atoms with van der Waals surface area (Å²) in [5, 5.41) is 7.01. The highest BCUT2D eigenvalue weighted by molar-refractivity contribution is 5.94. The summed E-state index contributed by atoms with van der Waals surface area (Å²) in [7, 11) is 0. The van der Waals surface area contributed by atoms with Gasteiger partial charge in [-0.1, -0.05) is 35.5 Å². The van der Waals surface area contributed by atoms with Crippen molar-refractivity contribution in [2.75, 3.05) is 39.4 Å². The Morgan fingerprint density at radius 3 is 2.52 bits per heavy atom. The van der Waals surface area contributed by atoms with Crippen LogP contribution in [0.1, 0.15) is 16.8 Å². The first-order valence-corrected chi connectivity index (χ1v) is 9.87. The second-order valence-corrected chi connectivity index (χ2v) is 6.93. The molecule has 1 aromatic heterocycles. The monoisotopic (exact) mass is 392 g/mol. The molecule has 4 rings (SSSR count). The summed E-state index contributed by atoms with van der Waals surface area (Å²) in [6, 6.07) is 16.9. The van der Waals surface area contributed by atoms with Crippen LogP contribution in [0.25, 0.3) is 22.8 Å². The molecular weight excluding hydrogens is 368 g/mol. The highest BCUT2D eigenvalue weighted by Crippen LogP contribution is 2.22. The van der Waals surface area contributed by atoms with Crippen LogP contribution in [0.2, 0.25) is 0 Å². The van der Waals surface area contributed by atoms with Gasteiger partial charge in [-0.25, -0.2) is 0 Å².